The van der Waals surface area contributed by atoms with Crippen LogP contribution in [0.25, 0.3) is 21.3 Å². The Kier molecular flexibility index (Phi) is 5.20. The summed E-state index contributed by atoms with van der Waals surface area (Å²) in [6.45, 7) is 7.32. The average Bonchev–Trinajstić information content (AvgIpc) is 3.27. The van der Waals surface area contributed by atoms with E-state index in [4.69, 9.17) is 4.98 Å². The first-order valence-corrected chi connectivity index (χ1v) is 11.5. The Morgan fingerprint density at radius 3 is 2.23 bits per heavy atom. The van der Waals surface area contributed by atoms with Crippen molar-refractivity contribution in [2.75, 3.05) is 31.1 Å². The van der Waals surface area contributed by atoms with Gasteiger partial charge in [-0.05, 0) is 54.3 Å². The van der Waals surface area contributed by atoms with E-state index in [0.717, 1.165) is 40.4 Å². The highest BCUT2D eigenvalue weighted by atomic mass is 32.1. The van der Waals surface area contributed by atoms with Crippen molar-refractivity contribution in [3.05, 3.63) is 83.4 Å². The molecule has 0 bridgehead atoms. The number of rotatable bonds is 3. The molecule has 2 heterocycles. The van der Waals surface area contributed by atoms with Crippen molar-refractivity contribution in [2.45, 2.75) is 13.8 Å². The third-order valence-electron chi connectivity index (χ3n) is 6.15. The zero-order valence-electron chi connectivity index (χ0n) is 17.8. The molecule has 5 rings (SSSR count). The van der Waals surface area contributed by atoms with Crippen LogP contribution in [0.1, 0.15) is 21.5 Å². The summed E-state index contributed by atoms with van der Waals surface area (Å²) in [6.07, 6.45) is 0. The lowest BCUT2D eigenvalue weighted by Crippen LogP contribution is -2.48. The van der Waals surface area contributed by atoms with E-state index in [2.05, 4.69) is 43.0 Å². The molecule has 4 aromatic rings. The van der Waals surface area contributed by atoms with Crippen molar-refractivity contribution < 1.29 is 4.79 Å². The van der Waals surface area contributed by atoms with Gasteiger partial charge in [-0.25, -0.2) is 4.98 Å². The molecule has 3 aromatic carbocycles. The second kappa shape index (κ2) is 8.16. The summed E-state index contributed by atoms with van der Waals surface area (Å²) < 4.78 is 1.23. The molecule has 4 nitrogen and oxygen atoms in total. The fourth-order valence-corrected chi connectivity index (χ4v) is 5.15. The van der Waals surface area contributed by atoms with Crippen LogP contribution >= 0.6 is 11.3 Å². The summed E-state index contributed by atoms with van der Waals surface area (Å²) >= 11 is 1.74. The van der Waals surface area contributed by atoms with Crippen LogP contribution in [0, 0.1) is 13.8 Å². The zero-order valence-corrected chi connectivity index (χ0v) is 18.7. The molecule has 0 saturated carbocycles. The van der Waals surface area contributed by atoms with Crippen LogP contribution in [0.2, 0.25) is 0 Å². The van der Waals surface area contributed by atoms with Crippen LogP contribution < -0.4 is 4.90 Å². The van der Waals surface area contributed by atoms with Gasteiger partial charge in [0, 0.05) is 31.7 Å². The lowest BCUT2D eigenvalue weighted by atomic mass is 10.0. The number of hydrogen-bond donors (Lipinski definition) is 0. The highest BCUT2D eigenvalue weighted by molar-refractivity contribution is 7.22. The number of piperazine rings is 1. The molecule has 0 spiro atoms. The minimum absolute atomic E-state index is 0.107. The average molecular weight is 428 g/mol. The molecule has 1 amide bonds. The van der Waals surface area contributed by atoms with Gasteiger partial charge in [0.1, 0.15) is 0 Å². The van der Waals surface area contributed by atoms with Gasteiger partial charge in [0.25, 0.3) is 5.91 Å². The maximum Gasteiger partial charge on any atom is 0.253 e. The Labute approximate surface area is 186 Å². The lowest BCUT2D eigenvalue weighted by molar-refractivity contribution is 0.0747. The highest BCUT2D eigenvalue weighted by Gasteiger charge is 2.24. The molecule has 1 aliphatic heterocycles. The number of carbonyl (C=O) groups excluding carboxylic acids is 1. The number of hydrogen-bond acceptors (Lipinski definition) is 4. The van der Waals surface area contributed by atoms with Crippen molar-refractivity contribution in [1.29, 1.82) is 0 Å². The standard InChI is InChI=1S/C26H25N3OS/c1-18-8-13-23-24(19(18)2)27-26(31-23)29-16-14-28(15-17-29)25(30)22-11-9-21(10-12-22)20-6-4-3-5-7-20/h3-13H,14-17H2,1-2H3. The minimum atomic E-state index is 0.107. The molecule has 1 aromatic heterocycles. The molecule has 0 unspecified atom stereocenters. The van der Waals surface area contributed by atoms with E-state index in [-0.39, 0.29) is 5.91 Å². The predicted molar refractivity (Wildman–Crippen MR) is 129 cm³/mol. The lowest BCUT2D eigenvalue weighted by Gasteiger charge is -2.34. The van der Waals surface area contributed by atoms with Crippen molar-refractivity contribution in [3.63, 3.8) is 0 Å². The number of amides is 1. The van der Waals surface area contributed by atoms with E-state index < -0.39 is 0 Å². The van der Waals surface area contributed by atoms with Crippen molar-refractivity contribution in [2.24, 2.45) is 0 Å². The number of aromatic nitrogens is 1. The van der Waals surface area contributed by atoms with Gasteiger partial charge in [-0.2, -0.15) is 0 Å². The Bertz CT molecular complexity index is 1220. The number of nitrogens with zero attached hydrogens (tertiary/aromatic N) is 3. The molecular formula is C26H25N3OS. The van der Waals surface area contributed by atoms with Crippen LogP contribution in [-0.4, -0.2) is 42.0 Å². The molecule has 156 valence electrons. The fraction of sp³-hybridized carbons (Fsp3) is 0.231. The van der Waals surface area contributed by atoms with Crippen LogP contribution in [0.15, 0.2) is 66.7 Å². The molecule has 1 fully saturated rings. The third kappa shape index (κ3) is 3.81. The Morgan fingerprint density at radius 2 is 1.52 bits per heavy atom. The van der Waals surface area contributed by atoms with Gasteiger partial charge in [0.15, 0.2) is 5.13 Å². The molecule has 1 saturated heterocycles. The van der Waals surface area contributed by atoms with Crippen LogP contribution in [-0.2, 0) is 0 Å². The van der Waals surface area contributed by atoms with Gasteiger partial charge in [-0.1, -0.05) is 59.9 Å². The summed E-state index contributed by atoms with van der Waals surface area (Å²) in [6, 6.07) is 22.5. The van der Waals surface area contributed by atoms with Gasteiger partial charge in [-0.15, -0.1) is 0 Å². The van der Waals surface area contributed by atoms with E-state index in [1.54, 1.807) is 11.3 Å². The van der Waals surface area contributed by atoms with Gasteiger partial charge in [-0.3, -0.25) is 4.79 Å². The quantitative estimate of drug-likeness (QED) is 0.431. The Hall–Kier alpha value is -3.18. The molecule has 0 aliphatic carbocycles. The van der Waals surface area contributed by atoms with Gasteiger partial charge in [0.2, 0.25) is 0 Å². The van der Waals surface area contributed by atoms with Crippen LogP contribution in [0.4, 0.5) is 5.13 Å². The van der Waals surface area contributed by atoms with E-state index in [9.17, 15) is 4.79 Å². The predicted octanol–water partition coefficient (Wildman–Crippen LogP) is 5.54. The number of thiazole rings is 1. The first-order valence-electron chi connectivity index (χ1n) is 10.7. The van der Waals surface area contributed by atoms with Crippen molar-refractivity contribution in [3.8, 4) is 11.1 Å². The monoisotopic (exact) mass is 427 g/mol. The van der Waals surface area contributed by atoms with E-state index >= 15 is 0 Å². The zero-order chi connectivity index (χ0) is 21.4. The number of aryl methyl sites for hydroxylation is 2. The van der Waals surface area contributed by atoms with Gasteiger partial charge in [0.05, 0.1) is 10.2 Å². The first kappa shape index (κ1) is 19.8. The normalized spacial score (nSPS) is 14.3. The third-order valence-corrected chi connectivity index (χ3v) is 7.23. The number of fused-ring (bicyclic) bond motifs is 1. The molecule has 1 aliphatic rings. The fourth-order valence-electron chi connectivity index (χ4n) is 4.07. The molecule has 5 heteroatoms. The smallest absolute Gasteiger partial charge is 0.253 e. The summed E-state index contributed by atoms with van der Waals surface area (Å²) in [5.74, 6) is 0.107. The van der Waals surface area contributed by atoms with Gasteiger partial charge < -0.3 is 9.80 Å². The second-order valence-corrected chi connectivity index (χ2v) is 9.08. The molecule has 31 heavy (non-hydrogen) atoms. The summed E-state index contributed by atoms with van der Waals surface area (Å²) in [5, 5.41) is 1.06. The second-order valence-electron chi connectivity index (χ2n) is 8.07. The molecular weight excluding hydrogens is 402 g/mol. The van der Waals surface area contributed by atoms with Crippen LogP contribution in [0.3, 0.4) is 0 Å². The maximum absolute atomic E-state index is 13.0. The van der Waals surface area contributed by atoms with E-state index in [1.165, 1.54) is 15.8 Å². The molecule has 0 N–H and O–H groups in total. The van der Waals surface area contributed by atoms with Crippen LogP contribution in [0.5, 0.6) is 0 Å². The van der Waals surface area contributed by atoms with Crippen molar-refractivity contribution >= 4 is 32.6 Å². The van der Waals surface area contributed by atoms with E-state index in [1.807, 2.05) is 47.4 Å². The van der Waals surface area contributed by atoms with Gasteiger partial charge >= 0.3 is 0 Å². The highest BCUT2D eigenvalue weighted by Crippen LogP contribution is 2.32. The molecule has 0 radical (unpaired) electrons. The molecule has 0 atom stereocenters. The van der Waals surface area contributed by atoms with E-state index in [0.29, 0.717) is 13.1 Å². The number of carbonyl (C=O) groups is 1. The Balaban J connectivity index is 1.26. The summed E-state index contributed by atoms with van der Waals surface area (Å²) in [4.78, 5) is 22.2. The summed E-state index contributed by atoms with van der Waals surface area (Å²) in [7, 11) is 0. The first-order chi connectivity index (χ1) is 15.1. The SMILES string of the molecule is Cc1ccc2sc(N3CCN(C(=O)c4ccc(-c5ccccc5)cc4)CC3)nc2c1C. The maximum atomic E-state index is 13.0. The topological polar surface area (TPSA) is 36.4 Å². The number of benzene rings is 3. The van der Waals surface area contributed by atoms with Crippen molar-refractivity contribution in [1.82, 2.24) is 9.88 Å². The minimum Gasteiger partial charge on any atom is -0.345 e. The summed E-state index contributed by atoms with van der Waals surface area (Å²) in [5.41, 5.74) is 6.68. The number of anilines is 1. The Morgan fingerprint density at radius 1 is 0.839 bits per heavy atom. The largest absolute Gasteiger partial charge is 0.345 e.